The number of nitrogens with zero attached hydrogens (tertiary/aromatic N) is 5. The maximum absolute atomic E-state index is 11.1. The average molecular weight is 487 g/mol. The molecule has 0 amide bonds. The van der Waals surface area contributed by atoms with Crippen molar-refractivity contribution in [3.05, 3.63) is 72.1 Å². The van der Waals surface area contributed by atoms with Crippen LogP contribution in [0.1, 0.15) is 17.5 Å². The van der Waals surface area contributed by atoms with E-state index in [0.717, 1.165) is 76.1 Å². The first-order chi connectivity index (χ1) is 17.7. The Kier molecular flexibility index (Phi) is 6.72. The highest BCUT2D eigenvalue weighted by Crippen LogP contribution is 2.28. The van der Waals surface area contributed by atoms with Gasteiger partial charge in [-0.05, 0) is 48.2 Å². The molecule has 8 nitrogen and oxygen atoms in total. The maximum atomic E-state index is 11.1. The maximum Gasteiger partial charge on any atom is 0.135 e. The number of hydrogen-bond acceptors (Lipinski definition) is 8. The van der Waals surface area contributed by atoms with Crippen LogP contribution in [0.5, 0.6) is 0 Å². The number of hydrogen-bond donors (Lipinski definition) is 2. The third kappa shape index (κ3) is 5.02. The summed E-state index contributed by atoms with van der Waals surface area (Å²) in [5, 5.41) is 14.5. The summed E-state index contributed by atoms with van der Waals surface area (Å²) >= 11 is 0. The van der Waals surface area contributed by atoms with Crippen LogP contribution in [0.2, 0.25) is 0 Å². The van der Waals surface area contributed by atoms with E-state index in [-0.39, 0.29) is 6.04 Å². The van der Waals surface area contributed by atoms with Crippen LogP contribution in [-0.2, 0) is 17.7 Å². The molecule has 8 heteroatoms. The van der Waals surface area contributed by atoms with Gasteiger partial charge in [-0.15, -0.1) is 0 Å². The van der Waals surface area contributed by atoms with E-state index in [4.69, 9.17) is 4.74 Å². The smallest absolute Gasteiger partial charge is 0.135 e. The van der Waals surface area contributed by atoms with Crippen LogP contribution in [0.4, 0.5) is 23.0 Å². The highest BCUT2D eigenvalue weighted by atomic mass is 16.5. The van der Waals surface area contributed by atoms with Gasteiger partial charge in [-0.3, -0.25) is 4.90 Å². The highest BCUT2D eigenvalue weighted by Gasteiger charge is 2.34. The third-order valence-electron chi connectivity index (χ3n) is 7.67. The first-order valence-electron chi connectivity index (χ1n) is 13.0. The summed E-state index contributed by atoms with van der Waals surface area (Å²) < 4.78 is 5.45. The fourth-order valence-electron chi connectivity index (χ4n) is 5.67. The number of nitrogens with one attached hydrogen (secondary N) is 1. The van der Waals surface area contributed by atoms with Crippen molar-refractivity contribution in [2.75, 3.05) is 61.1 Å². The molecule has 0 saturated carbocycles. The van der Waals surface area contributed by atoms with Gasteiger partial charge in [-0.2, -0.15) is 0 Å². The molecule has 2 saturated heterocycles. The predicted octanol–water partition coefficient (Wildman–Crippen LogP) is 3.05. The Morgan fingerprint density at radius 3 is 2.50 bits per heavy atom. The first-order valence-corrected chi connectivity index (χ1v) is 13.0. The van der Waals surface area contributed by atoms with Gasteiger partial charge in [0.25, 0.3) is 0 Å². The minimum Gasteiger partial charge on any atom is -0.390 e. The molecule has 2 fully saturated rings. The van der Waals surface area contributed by atoms with Crippen molar-refractivity contribution < 1.29 is 9.84 Å². The molecule has 1 aromatic heterocycles. The Balaban J connectivity index is 1.07. The molecule has 3 aliphatic rings. The fourth-order valence-corrected chi connectivity index (χ4v) is 5.67. The van der Waals surface area contributed by atoms with Gasteiger partial charge in [0.15, 0.2) is 0 Å². The van der Waals surface area contributed by atoms with Gasteiger partial charge in [0, 0.05) is 62.8 Å². The lowest BCUT2D eigenvalue weighted by atomic mass is 9.94. The lowest BCUT2D eigenvalue weighted by molar-refractivity contribution is 0.0293. The predicted molar refractivity (Wildman–Crippen MR) is 142 cm³/mol. The lowest BCUT2D eigenvalue weighted by Crippen LogP contribution is -2.55. The summed E-state index contributed by atoms with van der Waals surface area (Å²) in [6, 6.07) is 19.3. The Morgan fingerprint density at radius 2 is 1.69 bits per heavy atom. The van der Waals surface area contributed by atoms with E-state index >= 15 is 0 Å². The van der Waals surface area contributed by atoms with Crippen LogP contribution in [0.25, 0.3) is 0 Å². The molecular weight excluding hydrogens is 452 g/mol. The minimum absolute atomic E-state index is 0.180. The summed E-state index contributed by atoms with van der Waals surface area (Å²) in [7, 11) is 0. The number of ether oxygens (including phenoxy) is 1. The number of aliphatic hydroxyl groups is 1. The second-order valence-electron chi connectivity index (χ2n) is 9.89. The van der Waals surface area contributed by atoms with Crippen LogP contribution in [0, 0.1) is 0 Å². The Bertz CT molecular complexity index is 1170. The summed E-state index contributed by atoms with van der Waals surface area (Å²) in [4.78, 5) is 15.9. The number of anilines is 4. The van der Waals surface area contributed by atoms with Crippen LogP contribution in [-0.4, -0.2) is 78.1 Å². The summed E-state index contributed by atoms with van der Waals surface area (Å²) in [5.41, 5.74) is 5.03. The largest absolute Gasteiger partial charge is 0.390 e. The lowest BCUT2D eigenvalue weighted by Gasteiger charge is -2.43. The molecule has 2 N–H and O–H groups in total. The van der Waals surface area contributed by atoms with Crippen LogP contribution >= 0.6 is 0 Å². The van der Waals surface area contributed by atoms with Gasteiger partial charge < -0.3 is 25.0 Å². The van der Waals surface area contributed by atoms with E-state index < -0.39 is 6.10 Å². The molecule has 188 valence electrons. The molecule has 3 aromatic rings. The number of benzene rings is 2. The minimum atomic E-state index is -0.414. The van der Waals surface area contributed by atoms with E-state index in [1.807, 2.05) is 6.07 Å². The fraction of sp³-hybridized carbons (Fsp3) is 0.429. The quantitative estimate of drug-likeness (QED) is 0.570. The van der Waals surface area contributed by atoms with Gasteiger partial charge in [-0.1, -0.05) is 24.3 Å². The van der Waals surface area contributed by atoms with Crippen molar-refractivity contribution in [3.8, 4) is 0 Å². The summed E-state index contributed by atoms with van der Waals surface area (Å²) in [6.07, 6.45) is 3.15. The molecule has 2 aromatic carbocycles. The van der Waals surface area contributed by atoms with Gasteiger partial charge in [0.05, 0.1) is 19.3 Å². The molecule has 6 rings (SSSR count). The Morgan fingerprint density at radius 1 is 0.889 bits per heavy atom. The van der Waals surface area contributed by atoms with Crippen molar-refractivity contribution in [2.45, 2.75) is 31.5 Å². The summed E-state index contributed by atoms with van der Waals surface area (Å²) in [6.45, 7) is 6.78. The molecule has 0 spiro atoms. The van der Waals surface area contributed by atoms with Gasteiger partial charge in [-0.25, -0.2) is 9.97 Å². The Hall–Kier alpha value is -3.20. The molecular formula is C28H34N6O2. The van der Waals surface area contributed by atoms with Crippen molar-refractivity contribution in [1.82, 2.24) is 14.9 Å². The molecule has 0 bridgehead atoms. The van der Waals surface area contributed by atoms with Crippen molar-refractivity contribution in [3.63, 3.8) is 0 Å². The van der Waals surface area contributed by atoms with E-state index in [0.29, 0.717) is 6.54 Å². The normalized spacial score (nSPS) is 22.8. The molecule has 0 radical (unpaired) electrons. The number of fused-ring (bicyclic) bond motifs is 1. The standard InChI is InChI=1S/C28H34N6O2/c35-26-19-34(12-10-25(26)33-11-9-21-3-1-2-4-22(21)18-33)28-17-27(29-20-30-28)31-23-5-7-24(8-6-23)32-13-15-36-16-14-32/h1-8,17,20,25-26,35H,9-16,18-19H2,(H,29,30,31)/t25?,26-/m0/s1. The number of aliphatic hydroxyl groups excluding tert-OH is 1. The third-order valence-corrected chi connectivity index (χ3v) is 7.67. The van der Waals surface area contributed by atoms with Crippen LogP contribution in [0.3, 0.4) is 0 Å². The van der Waals surface area contributed by atoms with Gasteiger partial charge in [0.2, 0.25) is 0 Å². The van der Waals surface area contributed by atoms with E-state index in [1.54, 1.807) is 6.33 Å². The van der Waals surface area contributed by atoms with Crippen molar-refractivity contribution in [2.24, 2.45) is 0 Å². The molecule has 3 aliphatic heterocycles. The molecule has 0 aliphatic carbocycles. The zero-order valence-corrected chi connectivity index (χ0v) is 20.6. The van der Waals surface area contributed by atoms with E-state index in [1.165, 1.54) is 16.8 Å². The number of morpholine rings is 1. The van der Waals surface area contributed by atoms with E-state index in [9.17, 15) is 5.11 Å². The number of piperidine rings is 1. The van der Waals surface area contributed by atoms with Crippen LogP contribution < -0.4 is 15.1 Å². The zero-order chi connectivity index (χ0) is 24.3. The SMILES string of the molecule is O[C@H]1CN(c2cc(Nc3ccc(N4CCOCC4)cc3)ncn2)CCC1N1CCc2ccccc2C1. The second-order valence-corrected chi connectivity index (χ2v) is 9.89. The number of aromatic nitrogens is 2. The second kappa shape index (κ2) is 10.4. The molecule has 36 heavy (non-hydrogen) atoms. The topological polar surface area (TPSA) is 77.0 Å². The first kappa shape index (κ1) is 23.2. The number of β-amino-alcohol motifs (C(OH)–C–C–N with tert-alkyl or cyclic N) is 1. The van der Waals surface area contributed by atoms with Crippen molar-refractivity contribution in [1.29, 1.82) is 0 Å². The van der Waals surface area contributed by atoms with Gasteiger partial charge >= 0.3 is 0 Å². The molecule has 1 unspecified atom stereocenters. The average Bonchev–Trinajstić information content (AvgIpc) is 2.94. The zero-order valence-electron chi connectivity index (χ0n) is 20.6. The number of rotatable bonds is 5. The van der Waals surface area contributed by atoms with Crippen LogP contribution in [0.15, 0.2) is 60.9 Å². The summed E-state index contributed by atoms with van der Waals surface area (Å²) in [5.74, 6) is 1.60. The van der Waals surface area contributed by atoms with Crippen molar-refractivity contribution >= 4 is 23.0 Å². The van der Waals surface area contributed by atoms with E-state index in [2.05, 4.69) is 78.5 Å². The van der Waals surface area contributed by atoms with Gasteiger partial charge in [0.1, 0.15) is 18.0 Å². The highest BCUT2D eigenvalue weighted by molar-refractivity contribution is 5.62. The molecule has 2 atom stereocenters. The molecule has 4 heterocycles. The monoisotopic (exact) mass is 486 g/mol. The Labute approximate surface area is 212 Å².